The second-order valence-corrected chi connectivity index (χ2v) is 9.95. The standard InChI is InChI=1S/C19H26NO6PS/c1-4-25-27(22,26-5-2)19(21)18(16-9-7-6-8-10-16)20-28(23,24)17-13-11-15(3)12-14-17/h6-14,18-21H,4-5H2,1-3H3/t18-,19-/m1/s1. The molecule has 28 heavy (non-hydrogen) atoms. The zero-order valence-electron chi connectivity index (χ0n) is 16.1. The number of hydrogen-bond acceptors (Lipinski definition) is 6. The molecule has 0 saturated carbocycles. The number of aryl methyl sites for hydroxylation is 1. The molecule has 2 N–H and O–H groups in total. The van der Waals surface area contributed by atoms with E-state index < -0.39 is 29.5 Å². The van der Waals surface area contributed by atoms with E-state index in [1.165, 1.54) is 12.1 Å². The molecule has 0 saturated heterocycles. The number of benzene rings is 2. The number of aliphatic hydroxyl groups excluding tert-OH is 1. The molecule has 0 aliphatic heterocycles. The van der Waals surface area contributed by atoms with Gasteiger partial charge < -0.3 is 14.2 Å². The Labute approximate surface area is 166 Å². The summed E-state index contributed by atoms with van der Waals surface area (Å²) in [7, 11) is -7.99. The van der Waals surface area contributed by atoms with Gasteiger partial charge in [-0.1, -0.05) is 48.0 Å². The third-order valence-corrected chi connectivity index (χ3v) is 7.65. The van der Waals surface area contributed by atoms with Gasteiger partial charge in [0, 0.05) is 0 Å². The summed E-state index contributed by atoms with van der Waals surface area (Å²) in [5, 5.41) is 10.9. The van der Waals surface area contributed by atoms with E-state index in [4.69, 9.17) is 9.05 Å². The summed E-state index contributed by atoms with van der Waals surface area (Å²) < 4.78 is 51.7. The second kappa shape index (κ2) is 9.78. The first-order chi connectivity index (χ1) is 13.2. The van der Waals surface area contributed by atoms with Crippen molar-refractivity contribution in [3.8, 4) is 0 Å². The Morgan fingerprint density at radius 1 is 1.00 bits per heavy atom. The molecule has 0 radical (unpaired) electrons. The molecule has 9 heteroatoms. The summed E-state index contributed by atoms with van der Waals surface area (Å²) >= 11 is 0. The van der Waals surface area contributed by atoms with Crippen molar-refractivity contribution in [3.63, 3.8) is 0 Å². The maximum atomic E-state index is 13.1. The SMILES string of the molecule is CCOP(=O)(OCC)[C@@H](O)[C@H](NS(=O)(=O)c1ccc(C)cc1)c1ccccc1. The van der Waals surface area contributed by atoms with Crippen LogP contribution in [0.15, 0.2) is 59.5 Å². The fourth-order valence-electron chi connectivity index (χ4n) is 2.65. The van der Waals surface area contributed by atoms with Crippen LogP contribution in [0, 0.1) is 6.92 Å². The van der Waals surface area contributed by atoms with Crippen molar-refractivity contribution in [3.05, 3.63) is 65.7 Å². The molecule has 0 bridgehead atoms. The van der Waals surface area contributed by atoms with Crippen molar-refractivity contribution in [2.45, 2.75) is 37.6 Å². The van der Waals surface area contributed by atoms with Crippen molar-refractivity contribution in [2.75, 3.05) is 13.2 Å². The van der Waals surface area contributed by atoms with E-state index >= 15 is 0 Å². The molecular weight excluding hydrogens is 401 g/mol. The average Bonchev–Trinajstić information content (AvgIpc) is 2.67. The molecule has 0 amide bonds. The van der Waals surface area contributed by atoms with Crippen LogP contribution in [0.2, 0.25) is 0 Å². The monoisotopic (exact) mass is 427 g/mol. The molecule has 154 valence electrons. The first-order valence-corrected chi connectivity index (χ1v) is 12.0. The third kappa shape index (κ3) is 5.50. The molecule has 0 spiro atoms. The Bertz CT molecular complexity index is 892. The van der Waals surface area contributed by atoms with Crippen LogP contribution < -0.4 is 4.72 Å². The summed E-state index contributed by atoms with van der Waals surface area (Å²) in [4.78, 5) is 0.0360. The lowest BCUT2D eigenvalue weighted by molar-refractivity contribution is 0.130. The molecule has 0 aliphatic rings. The summed E-state index contributed by atoms with van der Waals surface area (Å²) in [6.45, 7) is 5.17. The summed E-state index contributed by atoms with van der Waals surface area (Å²) in [6, 6.07) is 13.5. The van der Waals surface area contributed by atoms with Gasteiger partial charge in [-0.3, -0.25) is 4.57 Å². The molecule has 0 aromatic heterocycles. The van der Waals surface area contributed by atoms with Gasteiger partial charge in [0.2, 0.25) is 10.0 Å². The van der Waals surface area contributed by atoms with E-state index in [1.54, 1.807) is 56.3 Å². The van der Waals surface area contributed by atoms with Crippen molar-refractivity contribution in [1.29, 1.82) is 0 Å². The smallest absolute Gasteiger partial charge is 0.360 e. The first-order valence-electron chi connectivity index (χ1n) is 8.94. The van der Waals surface area contributed by atoms with Crippen LogP contribution in [-0.4, -0.2) is 32.6 Å². The highest BCUT2D eigenvalue weighted by Gasteiger charge is 2.42. The average molecular weight is 427 g/mol. The quantitative estimate of drug-likeness (QED) is 0.562. The fraction of sp³-hybridized carbons (Fsp3) is 0.368. The number of hydrogen-bond donors (Lipinski definition) is 2. The van der Waals surface area contributed by atoms with E-state index in [-0.39, 0.29) is 18.1 Å². The van der Waals surface area contributed by atoms with Gasteiger partial charge >= 0.3 is 7.60 Å². The Kier molecular flexibility index (Phi) is 7.95. The van der Waals surface area contributed by atoms with Gasteiger partial charge in [-0.2, -0.15) is 0 Å². The Morgan fingerprint density at radius 3 is 2.04 bits per heavy atom. The molecule has 0 fully saturated rings. The number of rotatable bonds is 10. The van der Waals surface area contributed by atoms with E-state index in [0.717, 1.165) is 5.56 Å². The summed E-state index contributed by atoms with van der Waals surface area (Å²) in [6.07, 6.45) is 0. The molecule has 7 nitrogen and oxygen atoms in total. The lowest BCUT2D eigenvalue weighted by Crippen LogP contribution is -2.37. The van der Waals surface area contributed by atoms with Crippen LogP contribution in [0.4, 0.5) is 0 Å². The minimum Gasteiger partial charge on any atom is -0.379 e. The molecule has 0 aliphatic carbocycles. The van der Waals surface area contributed by atoms with Crippen LogP contribution in [-0.2, 0) is 23.6 Å². The number of sulfonamides is 1. The Balaban J connectivity index is 2.45. The molecule has 0 unspecified atom stereocenters. The Hall–Kier alpha value is -1.54. The van der Waals surface area contributed by atoms with E-state index in [1.807, 2.05) is 6.92 Å². The number of aliphatic hydroxyl groups is 1. The van der Waals surface area contributed by atoms with Gasteiger partial charge in [0.05, 0.1) is 24.2 Å². The first kappa shape index (κ1) is 22.7. The highest BCUT2D eigenvalue weighted by Crippen LogP contribution is 2.55. The van der Waals surface area contributed by atoms with Gasteiger partial charge in [0.25, 0.3) is 0 Å². The van der Waals surface area contributed by atoms with Gasteiger partial charge in [-0.25, -0.2) is 13.1 Å². The van der Waals surface area contributed by atoms with E-state index in [0.29, 0.717) is 5.56 Å². The van der Waals surface area contributed by atoms with Gasteiger partial charge in [-0.15, -0.1) is 0 Å². The maximum absolute atomic E-state index is 13.1. The predicted molar refractivity (Wildman–Crippen MR) is 108 cm³/mol. The largest absolute Gasteiger partial charge is 0.379 e. The highest BCUT2D eigenvalue weighted by molar-refractivity contribution is 7.89. The second-order valence-electron chi connectivity index (χ2n) is 6.11. The zero-order valence-corrected chi connectivity index (χ0v) is 17.8. The van der Waals surface area contributed by atoms with Crippen molar-refractivity contribution < 1.29 is 27.1 Å². The topological polar surface area (TPSA) is 102 Å². The van der Waals surface area contributed by atoms with Crippen LogP contribution in [0.5, 0.6) is 0 Å². The minimum absolute atomic E-state index is 0.0360. The molecule has 2 rings (SSSR count). The molecule has 2 aromatic carbocycles. The van der Waals surface area contributed by atoms with Gasteiger partial charge in [-0.05, 0) is 38.5 Å². The fourth-order valence-corrected chi connectivity index (χ4v) is 5.69. The zero-order chi connectivity index (χ0) is 20.8. The van der Waals surface area contributed by atoms with Crippen LogP contribution >= 0.6 is 7.60 Å². The lowest BCUT2D eigenvalue weighted by Gasteiger charge is -2.29. The van der Waals surface area contributed by atoms with Crippen molar-refractivity contribution in [1.82, 2.24) is 4.72 Å². The minimum atomic E-state index is -4.00. The maximum Gasteiger partial charge on any atom is 0.360 e. The molecular formula is C19H26NO6PS. The van der Waals surface area contributed by atoms with E-state index in [2.05, 4.69) is 4.72 Å². The van der Waals surface area contributed by atoms with Gasteiger partial charge in [0.15, 0.2) is 5.85 Å². The number of nitrogens with one attached hydrogen (secondary N) is 1. The third-order valence-electron chi connectivity index (χ3n) is 4.01. The van der Waals surface area contributed by atoms with Gasteiger partial charge in [0.1, 0.15) is 0 Å². The Morgan fingerprint density at radius 2 is 1.54 bits per heavy atom. The normalized spacial score (nSPS) is 14.6. The predicted octanol–water partition coefficient (Wildman–Crippen LogP) is 3.60. The molecule has 2 aromatic rings. The molecule has 2 atom stereocenters. The van der Waals surface area contributed by atoms with Crippen molar-refractivity contribution in [2.24, 2.45) is 0 Å². The lowest BCUT2D eigenvalue weighted by atomic mass is 10.1. The summed E-state index contributed by atoms with van der Waals surface area (Å²) in [5.41, 5.74) is 1.35. The van der Waals surface area contributed by atoms with E-state index in [9.17, 15) is 18.1 Å². The van der Waals surface area contributed by atoms with Crippen LogP contribution in [0.1, 0.15) is 31.0 Å². The van der Waals surface area contributed by atoms with Crippen LogP contribution in [0.25, 0.3) is 0 Å². The van der Waals surface area contributed by atoms with Crippen molar-refractivity contribution >= 4 is 17.6 Å². The van der Waals surface area contributed by atoms with Crippen LogP contribution in [0.3, 0.4) is 0 Å². The highest BCUT2D eigenvalue weighted by atomic mass is 32.2. The summed E-state index contributed by atoms with van der Waals surface area (Å²) in [5.74, 6) is -1.73. The molecule has 0 heterocycles.